The zero-order chi connectivity index (χ0) is 15.6. The van der Waals surface area contributed by atoms with Crippen LogP contribution in [0.1, 0.15) is 42.9 Å². The fourth-order valence-electron chi connectivity index (χ4n) is 2.95. The van der Waals surface area contributed by atoms with Gasteiger partial charge in [0.05, 0.1) is 18.8 Å². The minimum atomic E-state index is 0.314. The summed E-state index contributed by atoms with van der Waals surface area (Å²) >= 11 is 0. The third kappa shape index (κ3) is 3.30. The number of aryl methyl sites for hydroxylation is 1. The van der Waals surface area contributed by atoms with Crippen molar-refractivity contribution < 1.29 is 4.74 Å². The number of hydrogen-bond donors (Lipinski definition) is 0. The van der Waals surface area contributed by atoms with Crippen LogP contribution in [0, 0.1) is 24.7 Å². The Hall–Kier alpha value is -2.12. The van der Waals surface area contributed by atoms with Crippen LogP contribution in [0.2, 0.25) is 0 Å². The molecule has 1 saturated carbocycles. The molecule has 1 aromatic carbocycles. The van der Waals surface area contributed by atoms with E-state index in [9.17, 15) is 0 Å². The summed E-state index contributed by atoms with van der Waals surface area (Å²) in [5, 5.41) is 8.66. The Kier molecular flexibility index (Phi) is 3.88. The van der Waals surface area contributed by atoms with Crippen LogP contribution in [0.5, 0.6) is 0 Å². The molecule has 118 valence electrons. The molecule has 0 bridgehead atoms. The summed E-state index contributed by atoms with van der Waals surface area (Å²) in [5.41, 5.74) is 4.34. The van der Waals surface area contributed by atoms with Crippen molar-refractivity contribution >= 4 is 0 Å². The number of ether oxygens (including phenoxy) is 1. The molecule has 1 unspecified atom stereocenters. The molecular weight excluding hydrogens is 286 g/mol. The van der Waals surface area contributed by atoms with E-state index in [-0.39, 0.29) is 0 Å². The van der Waals surface area contributed by atoms with Crippen molar-refractivity contribution in [1.29, 1.82) is 0 Å². The number of benzene rings is 1. The maximum Gasteiger partial charge on any atom is 0.113 e. The standard InChI is InChI=1S/C19H21N3O/c1-14-11-16(7-6-15-4-5-15)8-9-18(14)19-12-22(21-20-19)17-3-2-10-23-13-17/h8-9,11-12,15,17H,2-5,10,13H2,1H3. The summed E-state index contributed by atoms with van der Waals surface area (Å²) in [7, 11) is 0. The fraction of sp³-hybridized carbons (Fsp3) is 0.474. The summed E-state index contributed by atoms with van der Waals surface area (Å²) < 4.78 is 7.49. The molecule has 23 heavy (non-hydrogen) atoms. The van der Waals surface area contributed by atoms with E-state index in [0.717, 1.165) is 42.9 Å². The molecule has 4 heteroatoms. The van der Waals surface area contributed by atoms with Crippen molar-refractivity contribution in [1.82, 2.24) is 15.0 Å². The van der Waals surface area contributed by atoms with Crippen molar-refractivity contribution in [2.75, 3.05) is 13.2 Å². The summed E-state index contributed by atoms with van der Waals surface area (Å²) in [4.78, 5) is 0. The first-order chi connectivity index (χ1) is 11.3. The summed E-state index contributed by atoms with van der Waals surface area (Å²) in [5.74, 6) is 7.22. The van der Waals surface area contributed by atoms with Crippen LogP contribution in [-0.2, 0) is 4.74 Å². The summed E-state index contributed by atoms with van der Waals surface area (Å²) in [6, 6.07) is 6.65. The first kappa shape index (κ1) is 14.5. The van der Waals surface area contributed by atoms with Gasteiger partial charge in [-0.05, 0) is 50.3 Å². The zero-order valence-electron chi connectivity index (χ0n) is 13.5. The molecule has 0 N–H and O–H groups in total. The fourth-order valence-corrected chi connectivity index (χ4v) is 2.95. The zero-order valence-corrected chi connectivity index (χ0v) is 13.5. The lowest BCUT2D eigenvalue weighted by atomic mass is 10.0. The van der Waals surface area contributed by atoms with Crippen LogP contribution in [0.15, 0.2) is 24.4 Å². The van der Waals surface area contributed by atoms with Gasteiger partial charge in [-0.2, -0.15) is 0 Å². The smallest absolute Gasteiger partial charge is 0.113 e. The normalized spacial score (nSPS) is 20.8. The monoisotopic (exact) mass is 307 g/mol. The molecule has 2 aromatic rings. The first-order valence-corrected chi connectivity index (χ1v) is 8.42. The molecule has 0 radical (unpaired) electrons. The van der Waals surface area contributed by atoms with Crippen LogP contribution >= 0.6 is 0 Å². The minimum absolute atomic E-state index is 0.314. The lowest BCUT2D eigenvalue weighted by Gasteiger charge is -2.21. The predicted molar refractivity (Wildman–Crippen MR) is 88.9 cm³/mol. The van der Waals surface area contributed by atoms with Gasteiger partial charge in [0.1, 0.15) is 5.69 Å². The molecule has 0 amide bonds. The molecule has 0 spiro atoms. The molecule has 4 rings (SSSR count). The molecule has 2 fully saturated rings. The molecule has 2 heterocycles. The van der Waals surface area contributed by atoms with E-state index in [0.29, 0.717) is 12.0 Å². The Morgan fingerprint density at radius 3 is 2.91 bits per heavy atom. The molecule has 1 aromatic heterocycles. The second kappa shape index (κ2) is 6.17. The quantitative estimate of drug-likeness (QED) is 0.799. The van der Waals surface area contributed by atoms with Gasteiger partial charge in [-0.3, -0.25) is 0 Å². The summed E-state index contributed by atoms with van der Waals surface area (Å²) in [6.45, 7) is 3.71. The number of rotatable bonds is 2. The largest absolute Gasteiger partial charge is 0.379 e. The first-order valence-electron chi connectivity index (χ1n) is 8.42. The van der Waals surface area contributed by atoms with Crippen LogP contribution in [0.4, 0.5) is 0 Å². The highest BCUT2D eigenvalue weighted by atomic mass is 16.5. The van der Waals surface area contributed by atoms with Crippen LogP contribution in [-0.4, -0.2) is 28.2 Å². The van der Waals surface area contributed by atoms with Gasteiger partial charge in [0.2, 0.25) is 0 Å². The van der Waals surface area contributed by atoms with Crippen LogP contribution in [0.25, 0.3) is 11.3 Å². The maximum absolute atomic E-state index is 5.54. The van der Waals surface area contributed by atoms with Crippen molar-refractivity contribution in [3.05, 3.63) is 35.5 Å². The lowest BCUT2D eigenvalue weighted by molar-refractivity contribution is 0.0543. The minimum Gasteiger partial charge on any atom is -0.379 e. The van der Waals surface area contributed by atoms with Gasteiger partial charge < -0.3 is 4.74 Å². The highest BCUT2D eigenvalue weighted by molar-refractivity contribution is 5.64. The van der Waals surface area contributed by atoms with E-state index in [1.807, 2.05) is 10.9 Å². The number of hydrogen-bond acceptors (Lipinski definition) is 3. The average Bonchev–Trinajstić information content (AvgIpc) is 3.29. The number of nitrogens with zero attached hydrogens (tertiary/aromatic N) is 3. The van der Waals surface area contributed by atoms with Gasteiger partial charge >= 0.3 is 0 Å². The Morgan fingerprint density at radius 1 is 1.26 bits per heavy atom. The van der Waals surface area contributed by atoms with Crippen molar-refractivity contribution in [2.24, 2.45) is 5.92 Å². The van der Waals surface area contributed by atoms with Crippen molar-refractivity contribution in [3.63, 3.8) is 0 Å². The molecular formula is C19H21N3O. The molecule has 4 nitrogen and oxygen atoms in total. The van der Waals surface area contributed by atoms with E-state index in [1.165, 1.54) is 18.4 Å². The average molecular weight is 307 g/mol. The van der Waals surface area contributed by atoms with E-state index >= 15 is 0 Å². The highest BCUT2D eigenvalue weighted by Crippen LogP contribution is 2.28. The Balaban J connectivity index is 1.55. The lowest BCUT2D eigenvalue weighted by Crippen LogP contribution is -2.21. The van der Waals surface area contributed by atoms with E-state index in [2.05, 4.69) is 47.3 Å². The third-order valence-corrected chi connectivity index (χ3v) is 4.52. The van der Waals surface area contributed by atoms with Crippen LogP contribution in [0.3, 0.4) is 0 Å². The van der Waals surface area contributed by atoms with Gasteiger partial charge in [-0.15, -0.1) is 5.10 Å². The Bertz CT molecular complexity index is 758. The van der Waals surface area contributed by atoms with Gasteiger partial charge in [-0.25, -0.2) is 4.68 Å². The Morgan fingerprint density at radius 2 is 2.17 bits per heavy atom. The van der Waals surface area contributed by atoms with Crippen molar-refractivity contribution in [3.8, 4) is 23.1 Å². The van der Waals surface area contributed by atoms with Crippen molar-refractivity contribution in [2.45, 2.75) is 38.6 Å². The van der Waals surface area contributed by atoms with E-state index in [4.69, 9.17) is 4.74 Å². The second-order valence-corrected chi connectivity index (χ2v) is 6.53. The predicted octanol–water partition coefficient (Wildman–Crippen LogP) is 3.37. The van der Waals surface area contributed by atoms with Gasteiger partial charge in [-0.1, -0.05) is 23.1 Å². The maximum atomic E-state index is 5.54. The number of aromatic nitrogens is 3. The van der Waals surface area contributed by atoms with Gasteiger partial charge in [0, 0.05) is 23.7 Å². The highest BCUT2D eigenvalue weighted by Gasteiger charge is 2.19. The molecule has 1 aliphatic heterocycles. The van der Waals surface area contributed by atoms with Gasteiger partial charge in [0.15, 0.2) is 0 Å². The second-order valence-electron chi connectivity index (χ2n) is 6.53. The SMILES string of the molecule is Cc1cc(C#CC2CC2)ccc1-c1cn(C2CCCOC2)nn1. The third-order valence-electron chi connectivity index (χ3n) is 4.52. The van der Waals surface area contributed by atoms with Crippen LogP contribution < -0.4 is 0 Å². The molecule has 1 saturated heterocycles. The molecule has 2 aliphatic rings. The molecule has 1 atom stereocenters. The topological polar surface area (TPSA) is 39.9 Å². The van der Waals surface area contributed by atoms with E-state index < -0.39 is 0 Å². The summed E-state index contributed by atoms with van der Waals surface area (Å²) in [6.07, 6.45) is 6.76. The van der Waals surface area contributed by atoms with E-state index in [1.54, 1.807) is 0 Å². The van der Waals surface area contributed by atoms with Gasteiger partial charge in [0.25, 0.3) is 0 Å². The Labute approximate surface area is 136 Å². The molecule has 1 aliphatic carbocycles.